The number of amides is 1. The molecule has 0 aliphatic carbocycles. The average Bonchev–Trinajstić information content (AvgIpc) is 2.85. The van der Waals surface area contributed by atoms with Gasteiger partial charge in [-0.15, -0.1) is 0 Å². The number of fused-ring (bicyclic) bond motifs is 1. The predicted molar refractivity (Wildman–Crippen MR) is 144 cm³/mol. The molecule has 1 heterocycles. The minimum Gasteiger partial charge on any atom is -0.492 e. The number of benzene rings is 3. The van der Waals surface area contributed by atoms with Gasteiger partial charge in [0.2, 0.25) is 0 Å². The quantitative estimate of drug-likeness (QED) is 0.454. The first-order chi connectivity index (χ1) is 17.1. The number of carbonyl (C=O) groups is 1. The zero-order valence-corrected chi connectivity index (χ0v) is 21.9. The van der Waals surface area contributed by atoms with E-state index in [0.29, 0.717) is 28.1 Å². The van der Waals surface area contributed by atoms with E-state index in [1.54, 1.807) is 19.1 Å². The fraction of sp³-hybridized carbons (Fsp3) is 0.276. The standard InChI is InChI=1S/C29H32N2O4S/c1-5-31-25-14-10-9-13-24(25)26(21-11-7-6-8-12-21)27(36(31,33)34)28(32)30-19-20-35-23-17-15-22(16-18-23)29(2,3)4/h6-18H,5,19-20H2,1-4H3,(H,30,32). The van der Waals surface area contributed by atoms with Crippen LogP contribution in [-0.4, -0.2) is 34.0 Å². The summed E-state index contributed by atoms with van der Waals surface area (Å²) in [6.07, 6.45) is 0. The van der Waals surface area contributed by atoms with E-state index < -0.39 is 15.9 Å². The van der Waals surface area contributed by atoms with Crippen LogP contribution < -0.4 is 14.4 Å². The molecule has 0 radical (unpaired) electrons. The number of hydrogen-bond donors (Lipinski definition) is 1. The van der Waals surface area contributed by atoms with E-state index in [0.717, 1.165) is 0 Å². The van der Waals surface area contributed by atoms with Crippen molar-refractivity contribution >= 4 is 27.2 Å². The van der Waals surface area contributed by atoms with Crippen molar-refractivity contribution in [2.24, 2.45) is 0 Å². The van der Waals surface area contributed by atoms with Gasteiger partial charge in [-0.3, -0.25) is 9.10 Å². The van der Waals surface area contributed by atoms with E-state index in [-0.39, 0.29) is 30.0 Å². The summed E-state index contributed by atoms with van der Waals surface area (Å²) in [7, 11) is -4.07. The van der Waals surface area contributed by atoms with Gasteiger partial charge in [-0.1, -0.05) is 81.4 Å². The van der Waals surface area contributed by atoms with Gasteiger partial charge >= 0.3 is 0 Å². The first-order valence-electron chi connectivity index (χ1n) is 12.1. The van der Waals surface area contributed by atoms with Crippen molar-refractivity contribution in [2.45, 2.75) is 33.1 Å². The third-order valence-electron chi connectivity index (χ3n) is 6.15. The van der Waals surface area contributed by atoms with Gasteiger partial charge in [0.25, 0.3) is 15.9 Å². The third kappa shape index (κ3) is 5.02. The van der Waals surface area contributed by atoms with Gasteiger partial charge in [-0.05, 0) is 41.7 Å². The Morgan fingerprint density at radius 3 is 2.19 bits per heavy atom. The van der Waals surface area contributed by atoms with Gasteiger partial charge < -0.3 is 10.1 Å². The third-order valence-corrected chi connectivity index (χ3v) is 8.09. The molecule has 36 heavy (non-hydrogen) atoms. The fourth-order valence-corrected chi connectivity index (χ4v) is 6.09. The van der Waals surface area contributed by atoms with Crippen LogP contribution in [0.2, 0.25) is 0 Å². The molecule has 7 heteroatoms. The molecule has 1 amide bonds. The van der Waals surface area contributed by atoms with Crippen LogP contribution in [-0.2, 0) is 20.2 Å². The summed E-state index contributed by atoms with van der Waals surface area (Å²) in [6, 6.07) is 24.3. The Balaban J connectivity index is 1.60. The maximum absolute atomic E-state index is 13.7. The Labute approximate surface area is 213 Å². The van der Waals surface area contributed by atoms with Crippen molar-refractivity contribution in [3.05, 3.63) is 100 Å². The summed E-state index contributed by atoms with van der Waals surface area (Å²) in [4.78, 5) is 13.2. The summed E-state index contributed by atoms with van der Waals surface area (Å²) in [5.74, 6) is 0.0475. The van der Waals surface area contributed by atoms with Crippen molar-refractivity contribution in [2.75, 3.05) is 24.0 Å². The molecular formula is C29H32N2O4S. The number of para-hydroxylation sites is 1. The monoisotopic (exact) mass is 504 g/mol. The molecule has 3 aromatic rings. The second kappa shape index (κ2) is 10.2. The summed E-state index contributed by atoms with van der Waals surface area (Å²) < 4.78 is 34.4. The lowest BCUT2D eigenvalue weighted by molar-refractivity contribution is -0.116. The molecule has 0 bridgehead atoms. The minimum atomic E-state index is -4.07. The van der Waals surface area contributed by atoms with E-state index in [2.05, 4.69) is 26.1 Å². The number of rotatable bonds is 7. The van der Waals surface area contributed by atoms with Crippen LogP contribution in [0.5, 0.6) is 5.75 Å². The molecule has 0 atom stereocenters. The molecule has 0 aromatic heterocycles. The normalized spacial score (nSPS) is 14.8. The second-order valence-corrected chi connectivity index (χ2v) is 11.4. The zero-order chi connectivity index (χ0) is 25.9. The Hall–Kier alpha value is -3.58. The van der Waals surface area contributed by atoms with Crippen LogP contribution in [0.4, 0.5) is 5.69 Å². The van der Waals surface area contributed by atoms with Gasteiger partial charge in [0.15, 0.2) is 4.91 Å². The summed E-state index contributed by atoms with van der Waals surface area (Å²) in [5.41, 5.74) is 3.61. The Kier molecular flexibility index (Phi) is 7.22. The summed E-state index contributed by atoms with van der Waals surface area (Å²) >= 11 is 0. The smallest absolute Gasteiger partial charge is 0.270 e. The molecule has 0 saturated heterocycles. The Morgan fingerprint density at radius 2 is 1.56 bits per heavy atom. The molecule has 3 aromatic carbocycles. The molecule has 1 aliphatic heterocycles. The highest BCUT2D eigenvalue weighted by molar-refractivity contribution is 7.97. The van der Waals surface area contributed by atoms with Crippen LogP contribution in [0.15, 0.2) is 83.8 Å². The maximum atomic E-state index is 13.7. The van der Waals surface area contributed by atoms with Gasteiger partial charge in [0.05, 0.1) is 12.2 Å². The molecular weight excluding hydrogens is 472 g/mol. The van der Waals surface area contributed by atoms with Gasteiger partial charge in [0.1, 0.15) is 12.4 Å². The zero-order valence-electron chi connectivity index (χ0n) is 21.1. The second-order valence-electron chi connectivity index (χ2n) is 9.64. The number of anilines is 1. The van der Waals surface area contributed by atoms with E-state index >= 15 is 0 Å². The van der Waals surface area contributed by atoms with Crippen molar-refractivity contribution in [3.8, 4) is 5.75 Å². The number of sulfonamides is 1. The lowest BCUT2D eigenvalue weighted by atomic mass is 9.87. The maximum Gasteiger partial charge on any atom is 0.270 e. The molecule has 0 unspecified atom stereocenters. The van der Waals surface area contributed by atoms with Gasteiger partial charge in [-0.25, -0.2) is 8.42 Å². The van der Waals surface area contributed by atoms with E-state index in [9.17, 15) is 13.2 Å². The van der Waals surface area contributed by atoms with E-state index in [4.69, 9.17) is 4.74 Å². The average molecular weight is 505 g/mol. The van der Waals surface area contributed by atoms with Gasteiger partial charge in [-0.2, -0.15) is 0 Å². The van der Waals surface area contributed by atoms with E-state index in [1.807, 2.05) is 66.7 Å². The van der Waals surface area contributed by atoms with Crippen molar-refractivity contribution in [1.29, 1.82) is 0 Å². The summed E-state index contributed by atoms with van der Waals surface area (Å²) in [6.45, 7) is 8.79. The highest BCUT2D eigenvalue weighted by Gasteiger charge is 2.40. The summed E-state index contributed by atoms with van der Waals surface area (Å²) in [5, 5.41) is 2.76. The van der Waals surface area contributed by atoms with Crippen LogP contribution in [0, 0.1) is 0 Å². The Morgan fingerprint density at radius 1 is 0.917 bits per heavy atom. The van der Waals surface area contributed by atoms with Crippen LogP contribution in [0.1, 0.15) is 44.4 Å². The predicted octanol–water partition coefficient (Wildman–Crippen LogP) is 5.11. The van der Waals surface area contributed by atoms with Crippen LogP contribution >= 0.6 is 0 Å². The van der Waals surface area contributed by atoms with Crippen LogP contribution in [0.3, 0.4) is 0 Å². The number of nitrogens with zero attached hydrogens (tertiary/aromatic N) is 1. The SMILES string of the molecule is CCN1c2ccccc2C(c2ccccc2)=C(C(=O)NCCOc2ccc(C(C)(C)C)cc2)S1(=O)=O. The van der Waals surface area contributed by atoms with E-state index in [1.165, 1.54) is 9.87 Å². The first-order valence-corrected chi connectivity index (χ1v) is 13.5. The van der Waals surface area contributed by atoms with Gasteiger partial charge in [0, 0.05) is 17.7 Å². The number of ether oxygens (including phenoxy) is 1. The number of nitrogens with one attached hydrogen (secondary N) is 1. The van der Waals surface area contributed by atoms with Crippen molar-refractivity contribution < 1.29 is 17.9 Å². The largest absolute Gasteiger partial charge is 0.492 e. The molecule has 6 nitrogen and oxygen atoms in total. The highest BCUT2D eigenvalue weighted by Crippen LogP contribution is 2.42. The molecule has 1 N–H and O–H groups in total. The lowest BCUT2D eigenvalue weighted by Gasteiger charge is -2.32. The molecule has 0 saturated carbocycles. The molecule has 0 spiro atoms. The van der Waals surface area contributed by atoms with Crippen molar-refractivity contribution in [3.63, 3.8) is 0 Å². The molecule has 188 valence electrons. The number of hydrogen-bond acceptors (Lipinski definition) is 4. The highest BCUT2D eigenvalue weighted by atomic mass is 32.2. The lowest BCUT2D eigenvalue weighted by Crippen LogP contribution is -2.42. The first kappa shape index (κ1) is 25.5. The number of carbonyl (C=O) groups excluding carboxylic acids is 1. The molecule has 0 fully saturated rings. The molecule has 1 aliphatic rings. The topological polar surface area (TPSA) is 75.7 Å². The van der Waals surface area contributed by atoms with Crippen molar-refractivity contribution in [1.82, 2.24) is 5.32 Å². The van der Waals surface area contributed by atoms with Crippen LogP contribution in [0.25, 0.3) is 5.57 Å². The fourth-order valence-electron chi connectivity index (χ4n) is 4.32. The molecule has 4 rings (SSSR count). The minimum absolute atomic E-state index is 0.0488. The Bertz CT molecular complexity index is 1370.